The lowest BCUT2D eigenvalue weighted by atomic mass is 9.93. The van der Waals surface area contributed by atoms with Gasteiger partial charge >= 0.3 is 0 Å². The second kappa shape index (κ2) is 7.58. The molecule has 134 valence electrons. The number of carbonyl (C=O) groups is 1. The number of hydrogen-bond donors (Lipinski definition) is 1. The molecule has 3 rings (SSSR count). The number of carbonyl (C=O) groups excluding carboxylic acids is 1. The predicted molar refractivity (Wildman–Crippen MR) is 97.8 cm³/mol. The number of amides is 1. The van der Waals surface area contributed by atoms with Crippen molar-refractivity contribution in [3.8, 4) is 0 Å². The first-order valence-corrected chi connectivity index (χ1v) is 9.07. The molecule has 1 aromatic carbocycles. The van der Waals surface area contributed by atoms with Crippen molar-refractivity contribution >= 4 is 17.5 Å². The first-order chi connectivity index (χ1) is 12.0. The van der Waals surface area contributed by atoms with Gasteiger partial charge in [-0.15, -0.1) is 0 Å². The van der Waals surface area contributed by atoms with Crippen LogP contribution in [0, 0.1) is 6.92 Å². The molecule has 25 heavy (non-hydrogen) atoms. The molecule has 1 aliphatic rings. The van der Waals surface area contributed by atoms with Gasteiger partial charge in [0.05, 0.1) is 17.9 Å². The molecule has 2 aromatic rings. The Labute approximate surface area is 153 Å². The molecule has 1 saturated heterocycles. The van der Waals surface area contributed by atoms with Gasteiger partial charge in [-0.2, -0.15) is 5.10 Å². The Morgan fingerprint density at radius 2 is 2.08 bits per heavy atom. The van der Waals surface area contributed by atoms with E-state index in [4.69, 9.17) is 16.3 Å². The highest BCUT2D eigenvalue weighted by atomic mass is 35.5. The highest BCUT2D eigenvalue weighted by molar-refractivity contribution is 6.30. The fourth-order valence-corrected chi connectivity index (χ4v) is 3.75. The van der Waals surface area contributed by atoms with Crippen LogP contribution in [0.2, 0.25) is 5.15 Å². The number of aromatic nitrogens is 2. The minimum absolute atomic E-state index is 0.0462. The predicted octanol–water partition coefficient (Wildman–Crippen LogP) is 3.81. The molecule has 2 heterocycles. The third-order valence-electron chi connectivity index (χ3n) is 4.75. The topological polar surface area (TPSA) is 56.2 Å². The SMILES string of the molecule is CC[C@H]1C[C@@H](NC(=O)c2ccccc2)C[C@@H](c2c(C)nn(C)c2Cl)O1. The van der Waals surface area contributed by atoms with Crippen molar-refractivity contribution in [2.45, 2.75) is 51.4 Å². The van der Waals surface area contributed by atoms with Crippen LogP contribution in [-0.4, -0.2) is 27.8 Å². The lowest BCUT2D eigenvalue weighted by molar-refractivity contribution is -0.0634. The van der Waals surface area contributed by atoms with Crippen LogP contribution in [0.5, 0.6) is 0 Å². The van der Waals surface area contributed by atoms with Gasteiger partial charge in [0.1, 0.15) is 5.15 Å². The van der Waals surface area contributed by atoms with E-state index in [0.717, 1.165) is 24.1 Å². The molecule has 1 aliphatic heterocycles. The van der Waals surface area contributed by atoms with Gasteiger partial charge in [-0.25, -0.2) is 0 Å². The molecule has 1 amide bonds. The molecule has 0 saturated carbocycles. The number of nitrogens with zero attached hydrogens (tertiary/aromatic N) is 2. The van der Waals surface area contributed by atoms with Crippen molar-refractivity contribution in [3.05, 3.63) is 52.3 Å². The zero-order chi connectivity index (χ0) is 18.0. The van der Waals surface area contributed by atoms with Gasteiger partial charge in [-0.3, -0.25) is 9.48 Å². The van der Waals surface area contributed by atoms with Crippen molar-refractivity contribution in [1.29, 1.82) is 0 Å². The van der Waals surface area contributed by atoms with Crippen LogP contribution < -0.4 is 5.32 Å². The second-order valence-electron chi connectivity index (χ2n) is 6.58. The Morgan fingerprint density at radius 1 is 1.36 bits per heavy atom. The maximum absolute atomic E-state index is 12.5. The average molecular weight is 362 g/mol. The van der Waals surface area contributed by atoms with E-state index in [1.165, 1.54) is 0 Å². The van der Waals surface area contributed by atoms with Gasteiger partial charge in [0.2, 0.25) is 0 Å². The molecule has 6 heteroatoms. The van der Waals surface area contributed by atoms with E-state index in [2.05, 4.69) is 17.3 Å². The molecular weight excluding hydrogens is 338 g/mol. The number of rotatable bonds is 4. The van der Waals surface area contributed by atoms with Crippen molar-refractivity contribution in [1.82, 2.24) is 15.1 Å². The van der Waals surface area contributed by atoms with Gasteiger partial charge < -0.3 is 10.1 Å². The van der Waals surface area contributed by atoms with Gasteiger partial charge in [-0.05, 0) is 38.3 Å². The summed E-state index contributed by atoms with van der Waals surface area (Å²) in [5.74, 6) is -0.0462. The molecule has 0 unspecified atom stereocenters. The highest BCUT2D eigenvalue weighted by Gasteiger charge is 2.33. The lowest BCUT2D eigenvalue weighted by Gasteiger charge is -2.35. The van der Waals surface area contributed by atoms with E-state index in [1.54, 1.807) is 4.68 Å². The molecule has 0 bridgehead atoms. The Balaban J connectivity index is 1.78. The van der Waals surface area contributed by atoms with Crippen LogP contribution in [-0.2, 0) is 11.8 Å². The van der Waals surface area contributed by atoms with Crippen molar-refractivity contribution in [2.24, 2.45) is 7.05 Å². The van der Waals surface area contributed by atoms with E-state index in [0.29, 0.717) is 17.1 Å². The molecule has 5 nitrogen and oxygen atoms in total. The van der Waals surface area contributed by atoms with Crippen LogP contribution in [0.1, 0.15) is 53.9 Å². The van der Waals surface area contributed by atoms with Crippen molar-refractivity contribution in [3.63, 3.8) is 0 Å². The van der Waals surface area contributed by atoms with Gasteiger partial charge in [-0.1, -0.05) is 36.7 Å². The zero-order valence-electron chi connectivity index (χ0n) is 14.8. The van der Waals surface area contributed by atoms with Crippen LogP contribution in [0.25, 0.3) is 0 Å². The number of hydrogen-bond acceptors (Lipinski definition) is 3. The third-order valence-corrected chi connectivity index (χ3v) is 5.20. The lowest BCUT2D eigenvalue weighted by Crippen LogP contribution is -2.43. The maximum atomic E-state index is 12.5. The van der Waals surface area contributed by atoms with Crippen molar-refractivity contribution in [2.75, 3.05) is 0 Å². The smallest absolute Gasteiger partial charge is 0.251 e. The Hall–Kier alpha value is -1.85. The first kappa shape index (κ1) is 18.0. The summed E-state index contributed by atoms with van der Waals surface area (Å²) in [6.07, 6.45) is 2.34. The minimum atomic E-state index is -0.152. The summed E-state index contributed by atoms with van der Waals surface area (Å²) in [6.45, 7) is 4.04. The summed E-state index contributed by atoms with van der Waals surface area (Å²) < 4.78 is 7.89. The second-order valence-corrected chi connectivity index (χ2v) is 6.93. The quantitative estimate of drug-likeness (QED) is 0.900. The molecule has 1 aromatic heterocycles. The van der Waals surface area contributed by atoms with E-state index in [9.17, 15) is 4.79 Å². The summed E-state index contributed by atoms with van der Waals surface area (Å²) in [4.78, 5) is 12.5. The minimum Gasteiger partial charge on any atom is -0.370 e. The van der Waals surface area contributed by atoms with E-state index >= 15 is 0 Å². The fourth-order valence-electron chi connectivity index (χ4n) is 3.45. The molecule has 0 aliphatic carbocycles. The summed E-state index contributed by atoms with van der Waals surface area (Å²) in [5, 5.41) is 8.15. The maximum Gasteiger partial charge on any atom is 0.251 e. The van der Waals surface area contributed by atoms with E-state index < -0.39 is 0 Å². The molecule has 0 radical (unpaired) electrons. The van der Waals surface area contributed by atoms with Crippen LogP contribution in [0.15, 0.2) is 30.3 Å². The molecule has 1 N–H and O–H groups in total. The van der Waals surface area contributed by atoms with E-state index in [1.807, 2.05) is 44.3 Å². The Kier molecular flexibility index (Phi) is 5.45. The monoisotopic (exact) mass is 361 g/mol. The standard InChI is InChI=1S/C19H24ClN3O2/c1-4-15-10-14(21-19(24)13-8-6-5-7-9-13)11-16(25-15)17-12(2)22-23(3)18(17)20/h5-9,14-16H,4,10-11H2,1-3H3,(H,21,24)/t14-,15+,16+/m1/s1. The summed E-state index contributed by atoms with van der Waals surface area (Å²) in [5.41, 5.74) is 2.48. The normalized spacial score (nSPS) is 23.4. The molecule has 0 spiro atoms. The summed E-state index contributed by atoms with van der Waals surface area (Å²) >= 11 is 6.42. The number of benzene rings is 1. The number of nitrogens with one attached hydrogen (secondary N) is 1. The number of aryl methyl sites for hydroxylation is 2. The molecular formula is C19H24ClN3O2. The van der Waals surface area contributed by atoms with Crippen LogP contribution in [0.4, 0.5) is 0 Å². The van der Waals surface area contributed by atoms with Crippen LogP contribution >= 0.6 is 11.6 Å². The van der Waals surface area contributed by atoms with Crippen molar-refractivity contribution < 1.29 is 9.53 Å². The van der Waals surface area contributed by atoms with Gasteiger partial charge in [0.25, 0.3) is 5.91 Å². The fraction of sp³-hybridized carbons (Fsp3) is 0.474. The Bertz CT molecular complexity index is 745. The highest BCUT2D eigenvalue weighted by Crippen LogP contribution is 2.37. The molecule has 1 fully saturated rings. The third kappa shape index (κ3) is 3.88. The Morgan fingerprint density at radius 3 is 2.68 bits per heavy atom. The summed E-state index contributed by atoms with van der Waals surface area (Å²) in [6, 6.07) is 9.34. The van der Waals surface area contributed by atoms with Gasteiger partial charge in [0.15, 0.2) is 0 Å². The van der Waals surface area contributed by atoms with Gasteiger partial charge in [0, 0.05) is 24.2 Å². The molecule has 3 atom stereocenters. The largest absolute Gasteiger partial charge is 0.370 e. The number of ether oxygens (including phenoxy) is 1. The first-order valence-electron chi connectivity index (χ1n) is 8.70. The van der Waals surface area contributed by atoms with E-state index in [-0.39, 0.29) is 24.2 Å². The average Bonchev–Trinajstić information content (AvgIpc) is 2.87. The summed E-state index contributed by atoms with van der Waals surface area (Å²) in [7, 11) is 1.83. The van der Waals surface area contributed by atoms with Crippen LogP contribution in [0.3, 0.4) is 0 Å². The number of halogens is 1. The zero-order valence-corrected chi connectivity index (χ0v) is 15.6.